The van der Waals surface area contributed by atoms with Gasteiger partial charge in [-0.1, -0.05) is 19.0 Å². The molecule has 0 bridgehead atoms. The number of hydrogen-bond acceptors (Lipinski definition) is 7. The maximum atomic E-state index is 12.9. The first-order valence-corrected chi connectivity index (χ1v) is 11.0. The van der Waals surface area contributed by atoms with Crippen LogP contribution in [-0.4, -0.2) is 63.2 Å². The van der Waals surface area contributed by atoms with Crippen LogP contribution in [0, 0.1) is 6.92 Å². The molecule has 1 aliphatic heterocycles. The molecule has 1 saturated heterocycles. The first-order chi connectivity index (χ1) is 13.9. The van der Waals surface area contributed by atoms with E-state index < -0.39 is 15.9 Å². The Bertz CT molecular complexity index is 963. The number of rotatable bonds is 7. The molecule has 0 spiro atoms. The Labute approximate surface area is 170 Å². The highest BCUT2D eigenvalue weighted by Crippen LogP contribution is 2.31. The molecule has 1 aromatic carbocycles. The number of nitrogens with one attached hydrogen (secondary N) is 1. The first kappa shape index (κ1) is 21.3. The van der Waals surface area contributed by atoms with Gasteiger partial charge in [-0.15, -0.1) is 0 Å². The summed E-state index contributed by atoms with van der Waals surface area (Å²) in [6, 6.07) is 6.33. The van der Waals surface area contributed by atoms with Crippen LogP contribution in [0.1, 0.15) is 30.1 Å². The summed E-state index contributed by atoms with van der Waals surface area (Å²) in [5, 5.41) is 6.52. The highest BCUT2D eigenvalue weighted by molar-refractivity contribution is 7.89. The molecule has 0 aliphatic carbocycles. The monoisotopic (exact) mass is 422 g/mol. The Kier molecular flexibility index (Phi) is 6.56. The van der Waals surface area contributed by atoms with Crippen LogP contribution in [0.25, 0.3) is 0 Å². The first-order valence-electron chi connectivity index (χ1n) is 9.58. The van der Waals surface area contributed by atoms with Gasteiger partial charge < -0.3 is 19.5 Å². The molecule has 0 unspecified atom stereocenters. The Hall–Kier alpha value is -2.43. The smallest absolute Gasteiger partial charge is 0.294 e. The molecule has 1 aromatic heterocycles. The third-order valence-electron chi connectivity index (χ3n) is 4.76. The maximum absolute atomic E-state index is 12.9. The normalized spacial score (nSPS) is 15.0. The Morgan fingerprint density at radius 3 is 2.48 bits per heavy atom. The van der Waals surface area contributed by atoms with Gasteiger partial charge in [-0.3, -0.25) is 4.79 Å². The Morgan fingerprint density at radius 1 is 1.21 bits per heavy atom. The third-order valence-corrected chi connectivity index (χ3v) is 6.81. The van der Waals surface area contributed by atoms with E-state index in [0.717, 1.165) is 5.69 Å². The van der Waals surface area contributed by atoms with Gasteiger partial charge in [0.1, 0.15) is 0 Å². The number of amides is 1. The second-order valence-electron chi connectivity index (χ2n) is 6.65. The van der Waals surface area contributed by atoms with Crippen molar-refractivity contribution in [1.29, 1.82) is 0 Å². The predicted octanol–water partition coefficient (Wildman–Crippen LogP) is 2.10. The van der Waals surface area contributed by atoms with Crippen LogP contribution in [0.4, 0.5) is 11.4 Å². The second-order valence-corrected chi connectivity index (χ2v) is 8.59. The van der Waals surface area contributed by atoms with Crippen LogP contribution >= 0.6 is 0 Å². The van der Waals surface area contributed by atoms with E-state index in [4.69, 9.17) is 9.26 Å². The van der Waals surface area contributed by atoms with Crippen molar-refractivity contribution in [3.8, 4) is 0 Å². The van der Waals surface area contributed by atoms with Crippen molar-refractivity contribution < 1.29 is 22.5 Å². The van der Waals surface area contributed by atoms with Gasteiger partial charge in [0.15, 0.2) is 0 Å². The summed E-state index contributed by atoms with van der Waals surface area (Å²) in [7, 11) is -3.66. The molecule has 1 amide bonds. The number of aromatic nitrogens is 1. The third kappa shape index (κ3) is 4.60. The van der Waals surface area contributed by atoms with Crippen molar-refractivity contribution in [3.63, 3.8) is 0 Å². The van der Waals surface area contributed by atoms with Gasteiger partial charge in [0.05, 0.1) is 35.2 Å². The molecule has 1 N–H and O–H groups in total. The highest BCUT2D eigenvalue weighted by atomic mass is 32.2. The molecule has 1 fully saturated rings. The molecule has 2 heterocycles. The SMILES string of the molecule is CCN(CC)S(=O)(=O)c1ccc(N2CCOCC2)c(NC(=O)c2cc(C)no2)c1. The van der Waals surface area contributed by atoms with E-state index in [0.29, 0.717) is 50.8 Å². The van der Waals surface area contributed by atoms with Crippen molar-refractivity contribution in [2.24, 2.45) is 0 Å². The number of hydrogen-bond donors (Lipinski definition) is 1. The van der Waals surface area contributed by atoms with Gasteiger partial charge >= 0.3 is 0 Å². The number of sulfonamides is 1. The fourth-order valence-electron chi connectivity index (χ4n) is 3.22. The summed E-state index contributed by atoms with van der Waals surface area (Å²) >= 11 is 0. The fraction of sp³-hybridized carbons (Fsp3) is 0.474. The van der Waals surface area contributed by atoms with Gasteiger partial charge in [-0.2, -0.15) is 4.31 Å². The summed E-state index contributed by atoms with van der Waals surface area (Å²) < 4.78 is 37.7. The van der Waals surface area contributed by atoms with Crippen LogP contribution in [0.15, 0.2) is 33.7 Å². The number of ether oxygens (including phenoxy) is 1. The van der Waals surface area contributed by atoms with Crippen LogP contribution in [-0.2, 0) is 14.8 Å². The zero-order valence-electron chi connectivity index (χ0n) is 16.8. The van der Waals surface area contributed by atoms with Crippen molar-refractivity contribution in [1.82, 2.24) is 9.46 Å². The van der Waals surface area contributed by atoms with Gasteiger partial charge in [0.25, 0.3) is 5.91 Å². The summed E-state index contributed by atoms with van der Waals surface area (Å²) in [4.78, 5) is 14.8. The summed E-state index contributed by atoms with van der Waals surface area (Å²) in [5.41, 5.74) is 1.72. The number of carbonyl (C=O) groups is 1. The van der Waals surface area contributed by atoms with E-state index in [-0.39, 0.29) is 10.7 Å². The molecule has 9 nitrogen and oxygen atoms in total. The molecule has 0 saturated carbocycles. The molecule has 29 heavy (non-hydrogen) atoms. The maximum Gasteiger partial charge on any atom is 0.294 e. The molecule has 0 radical (unpaired) electrons. The largest absolute Gasteiger partial charge is 0.378 e. The van der Waals surface area contributed by atoms with Crippen molar-refractivity contribution in [2.45, 2.75) is 25.7 Å². The molecule has 1 aliphatic rings. The minimum atomic E-state index is -3.66. The Morgan fingerprint density at radius 2 is 1.90 bits per heavy atom. The van der Waals surface area contributed by atoms with Crippen molar-refractivity contribution in [3.05, 3.63) is 35.7 Å². The molecule has 158 valence electrons. The number of carbonyl (C=O) groups excluding carboxylic acids is 1. The lowest BCUT2D eigenvalue weighted by atomic mass is 10.2. The Balaban J connectivity index is 2.00. The molecule has 3 rings (SSSR count). The number of anilines is 2. The minimum Gasteiger partial charge on any atom is -0.378 e. The zero-order valence-corrected chi connectivity index (χ0v) is 17.7. The van der Waals surface area contributed by atoms with Crippen LogP contribution in [0.2, 0.25) is 0 Å². The van der Waals surface area contributed by atoms with Gasteiger partial charge in [0, 0.05) is 32.2 Å². The second kappa shape index (κ2) is 8.93. The van der Waals surface area contributed by atoms with E-state index in [1.54, 1.807) is 32.9 Å². The van der Waals surface area contributed by atoms with Gasteiger partial charge in [-0.05, 0) is 25.1 Å². The number of nitrogens with zero attached hydrogens (tertiary/aromatic N) is 3. The van der Waals surface area contributed by atoms with E-state index in [1.807, 2.05) is 0 Å². The summed E-state index contributed by atoms with van der Waals surface area (Å²) in [6.45, 7) is 8.44. The number of benzene rings is 1. The summed E-state index contributed by atoms with van der Waals surface area (Å²) in [5.74, 6) is -0.426. The fourth-order valence-corrected chi connectivity index (χ4v) is 4.71. The average Bonchev–Trinajstić information content (AvgIpc) is 3.16. The predicted molar refractivity (Wildman–Crippen MR) is 109 cm³/mol. The molecule has 0 atom stereocenters. The highest BCUT2D eigenvalue weighted by Gasteiger charge is 2.25. The molecule has 2 aromatic rings. The minimum absolute atomic E-state index is 0.0624. The van der Waals surface area contributed by atoms with Gasteiger partial charge in [-0.25, -0.2) is 8.42 Å². The standard InChI is InChI=1S/C19H26N4O5S/c1-4-23(5-2)29(25,26)15-6-7-17(22-8-10-27-11-9-22)16(13-15)20-19(24)18-12-14(3)21-28-18/h6-7,12-13H,4-5,8-11H2,1-3H3,(H,20,24). The number of morpholine rings is 1. The van der Waals surface area contributed by atoms with Crippen molar-refractivity contribution >= 4 is 27.3 Å². The van der Waals surface area contributed by atoms with Gasteiger partial charge in [0.2, 0.25) is 15.8 Å². The average molecular weight is 423 g/mol. The lowest BCUT2D eigenvalue weighted by molar-refractivity contribution is 0.0988. The van der Waals surface area contributed by atoms with Crippen LogP contribution in [0.3, 0.4) is 0 Å². The lowest BCUT2D eigenvalue weighted by Crippen LogP contribution is -2.37. The van der Waals surface area contributed by atoms with Crippen molar-refractivity contribution in [2.75, 3.05) is 49.6 Å². The zero-order chi connectivity index (χ0) is 21.0. The summed E-state index contributed by atoms with van der Waals surface area (Å²) in [6.07, 6.45) is 0. The molecule has 10 heteroatoms. The van der Waals surface area contributed by atoms with Crippen LogP contribution < -0.4 is 10.2 Å². The van der Waals surface area contributed by atoms with Crippen LogP contribution in [0.5, 0.6) is 0 Å². The topological polar surface area (TPSA) is 105 Å². The quantitative estimate of drug-likeness (QED) is 0.728. The molecular weight excluding hydrogens is 396 g/mol. The van der Waals surface area contributed by atoms with E-state index in [1.165, 1.54) is 16.4 Å². The number of aryl methyl sites for hydroxylation is 1. The van der Waals surface area contributed by atoms with E-state index in [9.17, 15) is 13.2 Å². The molecular formula is C19H26N4O5S. The van der Waals surface area contributed by atoms with E-state index in [2.05, 4.69) is 15.4 Å². The van der Waals surface area contributed by atoms with E-state index >= 15 is 0 Å². The lowest BCUT2D eigenvalue weighted by Gasteiger charge is -2.31.